The molecule has 1 aliphatic rings. The average molecular weight is 284 g/mol. The molecule has 4 heteroatoms. The van der Waals surface area contributed by atoms with Gasteiger partial charge in [0.15, 0.2) is 0 Å². The smallest absolute Gasteiger partial charge is 0.0410 e. The van der Waals surface area contributed by atoms with E-state index in [0.29, 0.717) is 12.0 Å². The van der Waals surface area contributed by atoms with Crippen LogP contribution in [0.3, 0.4) is 0 Å². The van der Waals surface area contributed by atoms with Crippen molar-refractivity contribution >= 4 is 15.9 Å². The molecule has 1 fully saturated rings. The highest BCUT2D eigenvalue weighted by molar-refractivity contribution is 9.10. The number of hydrogen-bond acceptors (Lipinski definition) is 3. The Morgan fingerprint density at radius 3 is 3.06 bits per heavy atom. The van der Waals surface area contributed by atoms with Gasteiger partial charge in [0.1, 0.15) is 0 Å². The first-order valence-electron chi connectivity index (χ1n) is 5.73. The molecule has 0 amide bonds. The second kappa shape index (κ2) is 5.25. The predicted molar refractivity (Wildman–Crippen MR) is 69.1 cm³/mol. The molecule has 0 spiro atoms. The average Bonchev–Trinajstić information content (AvgIpc) is 2.28. The Balaban J connectivity index is 2.28. The Bertz CT molecular complexity index is 356. The van der Waals surface area contributed by atoms with E-state index in [1.807, 2.05) is 12.4 Å². The molecular weight excluding hydrogens is 266 g/mol. The van der Waals surface area contributed by atoms with Crippen LogP contribution in [0.2, 0.25) is 0 Å². The van der Waals surface area contributed by atoms with E-state index in [0.717, 1.165) is 17.6 Å². The summed E-state index contributed by atoms with van der Waals surface area (Å²) in [4.78, 5) is 6.64. The van der Waals surface area contributed by atoms with Gasteiger partial charge in [-0.15, -0.1) is 0 Å². The molecule has 88 valence electrons. The number of likely N-dealkylation sites (tertiary alicyclic amines) is 1. The summed E-state index contributed by atoms with van der Waals surface area (Å²) in [6.07, 6.45) is 6.25. The van der Waals surface area contributed by atoms with Crippen LogP contribution >= 0.6 is 15.9 Å². The molecule has 2 rings (SSSR count). The van der Waals surface area contributed by atoms with Crippen molar-refractivity contribution in [2.75, 3.05) is 20.1 Å². The first kappa shape index (κ1) is 12.0. The summed E-state index contributed by atoms with van der Waals surface area (Å²) in [6.45, 7) is 1.90. The van der Waals surface area contributed by atoms with E-state index in [4.69, 9.17) is 5.73 Å². The Labute approximate surface area is 105 Å². The third-order valence-corrected chi connectivity index (χ3v) is 3.81. The van der Waals surface area contributed by atoms with Crippen molar-refractivity contribution in [1.82, 2.24) is 9.88 Å². The third kappa shape index (κ3) is 2.44. The van der Waals surface area contributed by atoms with E-state index >= 15 is 0 Å². The van der Waals surface area contributed by atoms with Crippen LogP contribution < -0.4 is 5.73 Å². The lowest BCUT2D eigenvalue weighted by atomic mass is 9.86. The van der Waals surface area contributed by atoms with Crippen LogP contribution in [-0.2, 0) is 0 Å². The van der Waals surface area contributed by atoms with Gasteiger partial charge < -0.3 is 5.73 Å². The molecule has 3 nitrogen and oxygen atoms in total. The maximum Gasteiger partial charge on any atom is 0.0410 e. The summed E-state index contributed by atoms with van der Waals surface area (Å²) in [6, 6.07) is 2.58. The number of piperidine rings is 1. The van der Waals surface area contributed by atoms with Crippen molar-refractivity contribution in [3.8, 4) is 0 Å². The van der Waals surface area contributed by atoms with Gasteiger partial charge in [-0.1, -0.05) is 0 Å². The minimum atomic E-state index is 0.420. The van der Waals surface area contributed by atoms with E-state index in [1.54, 1.807) is 0 Å². The molecule has 1 aliphatic heterocycles. The molecule has 16 heavy (non-hydrogen) atoms. The first-order valence-corrected chi connectivity index (χ1v) is 6.52. The van der Waals surface area contributed by atoms with E-state index in [2.05, 4.69) is 38.9 Å². The molecule has 2 unspecified atom stereocenters. The highest BCUT2D eigenvalue weighted by Crippen LogP contribution is 2.34. The van der Waals surface area contributed by atoms with Crippen LogP contribution in [0.4, 0.5) is 0 Å². The van der Waals surface area contributed by atoms with Crippen molar-refractivity contribution in [2.45, 2.75) is 18.9 Å². The van der Waals surface area contributed by atoms with Gasteiger partial charge in [0, 0.05) is 22.9 Å². The Hall–Kier alpha value is -0.450. The van der Waals surface area contributed by atoms with Gasteiger partial charge in [0.05, 0.1) is 0 Å². The van der Waals surface area contributed by atoms with Gasteiger partial charge in [-0.3, -0.25) is 9.88 Å². The second-order valence-corrected chi connectivity index (χ2v) is 5.42. The number of halogens is 1. The van der Waals surface area contributed by atoms with Crippen molar-refractivity contribution in [1.29, 1.82) is 0 Å². The highest BCUT2D eigenvalue weighted by Gasteiger charge is 2.29. The SMILES string of the molecule is CN1CCCC(CN)C1c1cncc(Br)c1. The third-order valence-electron chi connectivity index (χ3n) is 3.38. The molecule has 1 aromatic rings. The predicted octanol–water partition coefficient (Wildman–Crippen LogP) is 2.19. The maximum absolute atomic E-state index is 5.87. The van der Waals surface area contributed by atoms with Crippen molar-refractivity contribution in [2.24, 2.45) is 11.7 Å². The molecule has 2 N–H and O–H groups in total. The van der Waals surface area contributed by atoms with Gasteiger partial charge in [-0.2, -0.15) is 0 Å². The van der Waals surface area contributed by atoms with Crippen LogP contribution in [0.1, 0.15) is 24.4 Å². The van der Waals surface area contributed by atoms with E-state index in [9.17, 15) is 0 Å². The fourth-order valence-corrected chi connectivity index (χ4v) is 3.01. The van der Waals surface area contributed by atoms with Crippen LogP contribution in [0, 0.1) is 5.92 Å². The molecule has 1 saturated heterocycles. The number of hydrogen-bond donors (Lipinski definition) is 1. The van der Waals surface area contributed by atoms with Crippen LogP contribution in [0.15, 0.2) is 22.9 Å². The topological polar surface area (TPSA) is 42.1 Å². The zero-order chi connectivity index (χ0) is 11.5. The van der Waals surface area contributed by atoms with Gasteiger partial charge >= 0.3 is 0 Å². The minimum Gasteiger partial charge on any atom is -0.330 e. The first-order chi connectivity index (χ1) is 7.72. The Morgan fingerprint density at radius 2 is 2.38 bits per heavy atom. The maximum atomic E-state index is 5.87. The second-order valence-electron chi connectivity index (χ2n) is 4.50. The molecule has 0 radical (unpaired) electrons. The lowest BCUT2D eigenvalue weighted by Crippen LogP contribution is -2.39. The van der Waals surface area contributed by atoms with Crippen LogP contribution in [0.25, 0.3) is 0 Å². The number of pyridine rings is 1. The van der Waals surface area contributed by atoms with Crippen LogP contribution in [-0.4, -0.2) is 30.0 Å². The Morgan fingerprint density at radius 1 is 1.56 bits per heavy atom. The zero-order valence-corrected chi connectivity index (χ0v) is 11.2. The summed E-state index contributed by atoms with van der Waals surface area (Å²) in [5.74, 6) is 0.551. The summed E-state index contributed by atoms with van der Waals surface area (Å²) < 4.78 is 1.04. The fraction of sp³-hybridized carbons (Fsp3) is 0.583. The fourth-order valence-electron chi connectivity index (χ4n) is 2.62. The largest absolute Gasteiger partial charge is 0.330 e. The summed E-state index contributed by atoms with van der Waals surface area (Å²) in [7, 11) is 2.17. The molecule has 2 heterocycles. The molecule has 1 aromatic heterocycles. The monoisotopic (exact) mass is 283 g/mol. The summed E-state index contributed by atoms with van der Waals surface area (Å²) in [5, 5.41) is 0. The summed E-state index contributed by atoms with van der Waals surface area (Å²) >= 11 is 3.48. The van der Waals surface area contributed by atoms with Gasteiger partial charge in [-0.25, -0.2) is 0 Å². The quantitative estimate of drug-likeness (QED) is 0.905. The molecule has 0 aromatic carbocycles. The number of aromatic nitrogens is 1. The summed E-state index contributed by atoms with van der Waals surface area (Å²) in [5.41, 5.74) is 7.14. The van der Waals surface area contributed by atoms with Crippen LogP contribution in [0.5, 0.6) is 0 Å². The van der Waals surface area contributed by atoms with E-state index < -0.39 is 0 Å². The standard InChI is InChI=1S/C12H18BrN3/c1-16-4-2-3-9(6-14)12(16)10-5-11(13)8-15-7-10/h5,7-9,12H,2-4,6,14H2,1H3. The van der Waals surface area contributed by atoms with Gasteiger partial charge in [0.2, 0.25) is 0 Å². The normalized spacial score (nSPS) is 26.9. The van der Waals surface area contributed by atoms with Gasteiger partial charge in [-0.05, 0) is 66.5 Å². The lowest BCUT2D eigenvalue weighted by molar-refractivity contribution is 0.125. The molecule has 2 atom stereocenters. The molecule has 0 bridgehead atoms. The van der Waals surface area contributed by atoms with Gasteiger partial charge in [0.25, 0.3) is 0 Å². The van der Waals surface area contributed by atoms with Crippen molar-refractivity contribution < 1.29 is 0 Å². The highest BCUT2D eigenvalue weighted by atomic mass is 79.9. The number of rotatable bonds is 2. The van der Waals surface area contributed by atoms with Crippen molar-refractivity contribution in [3.05, 3.63) is 28.5 Å². The molecule has 0 saturated carbocycles. The van der Waals surface area contributed by atoms with E-state index in [-0.39, 0.29) is 0 Å². The molecule has 0 aliphatic carbocycles. The zero-order valence-electron chi connectivity index (χ0n) is 9.56. The molecular formula is C12H18BrN3. The lowest BCUT2D eigenvalue weighted by Gasteiger charge is -2.39. The number of nitrogens with zero attached hydrogens (tertiary/aromatic N) is 2. The number of nitrogens with two attached hydrogens (primary N) is 1. The Kier molecular flexibility index (Phi) is 3.95. The van der Waals surface area contributed by atoms with E-state index in [1.165, 1.54) is 18.4 Å². The minimum absolute atomic E-state index is 0.420. The van der Waals surface area contributed by atoms with Crippen molar-refractivity contribution in [3.63, 3.8) is 0 Å².